The summed E-state index contributed by atoms with van der Waals surface area (Å²) in [6.07, 6.45) is -21.2. The van der Waals surface area contributed by atoms with Crippen LogP contribution in [0.4, 0.5) is 52.7 Å². The first-order valence-electron chi connectivity index (χ1n) is 14.4. The second kappa shape index (κ2) is 12.9. The third-order valence-corrected chi connectivity index (χ3v) is 8.39. The van der Waals surface area contributed by atoms with Crippen LogP contribution in [0.2, 0.25) is 19.6 Å². The van der Waals surface area contributed by atoms with Crippen molar-refractivity contribution in [3.63, 3.8) is 0 Å². The molecule has 1 aliphatic rings. The van der Waals surface area contributed by atoms with E-state index in [2.05, 4.69) is 15.6 Å². The quantitative estimate of drug-likeness (QED) is 0.178. The lowest BCUT2D eigenvalue weighted by Gasteiger charge is -2.45. The smallest absolute Gasteiger partial charge is 0.403 e. The highest BCUT2D eigenvalue weighted by molar-refractivity contribution is 6.69. The topological polar surface area (TPSA) is 61.2 Å². The molecule has 19 heteroatoms. The zero-order valence-corrected chi connectivity index (χ0v) is 26.7. The van der Waals surface area contributed by atoms with Crippen LogP contribution in [0, 0.1) is 0 Å². The van der Waals surface area contributed by atoms with Crippen LogP contribution in [0.1, 0.15) is 52.4 Å². The first kappa shape index (κ1) is 37.7. The van der Waals surface area contributed by atoms with Gasteiger partial charge in [-0.2, -0.15) is 52.7 Å². The number of benzene rings is 2. The maximum absolute atomic E-state index is 14.1. The number of ether oxygens (including phenoxy) is 1. The van der Waals surface area contributed by atoms with Crippen molar-refractivity contribution in [1.82, 2.24) is 20.3 Å². The monoisotopic (exact) mass is 722 g/mol. The van der Waals surface area contributed by atoms with Crippen molar-refractivity contribution in [2.24, 2.45) is 0 Å². The largest absolute Gasteiger partial charge is 0.416 e. The van der Waals surface area contributed by atoms with Gasteiger partial charge in [0.25, 0.3) is 0 Å². The highest BCUT2D eigenvalue weighted by Crippen LogP contribution is 2.49. The molecular weight excluding hydrogens is 692 g/mol. The summed E-state index contributed by atoms with van der Waals surface area (Å²) in [4.78, 5) is 0. The molecule has 0 spiro atoms. The minimum absolute atomic E-state index is 0.139. The molecule has 1 N–H and O–H groups in total. The number of aryl methyl sites for hydroxylation is 1. The third-order valence-electron chi connectivity index (χ3n) is 7.46. The molecule has 266 valence electrons. The highest BCUT2D eigenvalue weighted by Gasteiger charge is 2.52. The molecule has 0 bridgehead atoms. The van der Waals surface area contributed by atoms with Gasteiger partial charge in [-0.1, -0.05) is 5.21 Å². The van der Waals surface area contributed by atoms with Crippen LogP contribution in [0.15, 0.2) is 42.6 Å². The van der Waals surface area contributed by atoms with Crippen molar-refractivity contribution < 1.29 is 61.8 Å². The standard InChI is InChI=1S/C29H30F12N4O2Si/c1-5-45-14-22(43-44-45)15-46-23-12-24(42-13-23)25(47-48(2,3)4,16-6-18(26(30,31)32)10-19(7-16)27(33,34)35)17-8-20(28(36,37)38)11-21(9-17)29(39,40)41/h6-11,14,23-24,42H,5,12-13,15H2,1-4H3/t23-,24+/m1/s1. The van der Waals surface area contributed by atoms with E-state index in [9.17, 15) is 52.7 Å². The Balaban J connectivity index is 2.02. The summed E-state index contributed by atoms with van der Waals surface area (Å²) in [5.74, 6) is 0. The lowest BCUT2D eigenvalue weighted by atomic mass is 9.77. The summed E-state index contributed by atoms with van der Waals surface area (Å²) >= 11 is 0. The number of halogens is 12. The Kier molecular flexibility index (Phi) is 10.2. The lowest BCUT2D eigenvalue weighted by molar-refractivity contribution is -0.144. The maximum Gasteiger partial charge on any atom is 0.416 e. The molecule has 0 aliphatic carbocycles. The first-order chi connectivity index (χ1) is 21.8. The normalized spacial score (nSPS) is 18.5. The molecule has 1 aliphatic heterocycles. The molecule has 6 nitrogen and oxygen atoms in total. The van der Waals surface area contributed by atoms with Crippen LogP contribution >= 0.6 is 0 Å². The molecule has 2 heterocycles. The van der Waals surface area contributed by atoms with E-state index in [1.165, 1.54) is 24.3 Å². The van der Waals surface area contributed by atoms with Crippen LogP contribution in [-0.4, -0.2) is 42.0 Å². The molecule has 3 aromatic rings. The van der Waals surface area contributed by atoms with Gasteiger partial charge >= 0.3 is 24.7 Å². The van der Waals surface area contributed by atoms with Crippen molar-refractivity contribution in [3.05, 3.63) is 81.7 Å². The van der Waals surface area contributed by atoms with Gasteiger partial charge < -0.3 is 14.5 Å². The molecule has 48 heavy (non-hydrogen) atoms. The number of nitrogens with one attached hydrogen (secondary N) is 1. The molecule has 0 unspecified atom stereocenters. The van der Waals surface area contributed by atoms with Crippen molar-refractivity contribution in [3.8, 4) is 0 Å². The fourth-order valence-electron chi connectivity index (χ4n) is 5.48. The number of aromatic nitrogens is 3. The van der Waals surface area contributed by atoms with Crippen LogP contribution in [0.3, 0.4) is 0 Å². The Labute approximate surface area is 267 Å². The summed E-state index contributed by atoms with van der Waals surface area (Å²) in [7, 11) is -3.30. The van der Waals surface area contributed by atoms with Gasteiger partial charge in [0.2, 0.25) is 0 Å². The predicted molar refractivity (Wildman–Crippen MR) is 149 cm³/mol. The van der Waals surface area contributed by atoms with E-state index in [1.54, 1.807) is 13.1 Å². The van der Waals surface area contributed by atoms with Gasteiger partial charge in [-0.25, -0.2) is 0 Å². The Bertz CT molecular complexity index is 1450. The Morgan fingerprint density at radius 2 is 1.15 bits per heavy atom. The minimum Gasteiger partial charge on any atom is -0.403 e. The molecule has 1 fully saturated rings. The van der Waals surface area contributed by atoms with Crippen LogP contribution in [0.5, 0.6) is 0 Å². The molecular formula is C29H30F12N4O2Si. The Hall–Kier alpha value is -3.16. The molecule has 2 aromatic carbocycles. The van der Waals surface area contributed by atoms with Gasteiger partial charge in [0.05, 0.1) is 41.2 Å². The van der Waals surface area contributed by atoms with E-state index in [-0.39, 0.29) is 56.0 Å². The summed E-state index contributed by atoms with van der Waals surface area (Å²) in [6, 6.07) is -0.788. The number of nitrogens with zero attached hydrogens (tertiary/aromatic N) is 3. The number of alkyl halides is 12. The summed E-state index contributed by atoms with van der Waals surface area (Å²) in [5, 5.41) is 10.6. The minimum atomic E-state index is -5.39. The van der Waals surface area contributed by atoms with Gasteiger partial charge in [-0.05, 0) is 80.5 Å². The fourth-order valence-corrected chi connectivity index (χ4v) is 6.83. The Morgan fingerprint density at radius 3 is 1.50 bits per heavy atom. The molecule has 2 atom stereocenters. The number of hydrogen-bond acceptors (Lipinski definition) is 5. The van der Waals surface area contributed by atoms with Crippen molar-refractivity contribution >= 4 is 8.32 Å². The van der Waals surface area contributed by atoms with E-state index < -0.39 is 84.2 Å². The van der Waals surface area contributed by atoms with E-state index in [4.69, 9.17) is 9.16 Å². The zero-order chi connectivity index (χ0) is 36.1. The van der Waals surface area contributed by atoms with Crippen LogP contribution in [-0.2, 0) is 52.6 Å². The van der Waals surface area contributed by atoms with Crippen molar-refractivity contribution in [2.75, 3.05) is 6.54 Å². The lowest BCUT2D eigenvalue weighted by Crippen LogP contribution is -2.53. The molecule has 1 saturated heterocycles. The maximum atomic E-state index is 14.1. The van der Waals surface area contributed by atoms with Crippen LogP contribution in [0.25, 0.3) is 0 Å². The average molecular weight is 723 g/mol. The predicted octanol–water partition coefficient (Wildman–Crippen LogP) is 8.42. The molecule has 0 saturated carbocycles. The second-order valence-corrected chi connectivity index (χ2v) is 16.7. The number of rotatable bonds is 9. The van der Waals surface area contributed by atoms with Gasteiger partial charge in [0, 0.05) is 19.1 Å². The van der Waals surface area contributed by atoms with Crippen molar-refractivity contribution in [1.29, 1.82) is 0 Å². The fraction of sp³-hybridized carbons (Fsp3) is 0.517. The zero-order valence-electron chi connectivity index (χ0n) is 25.7. The molecule has 0 amide bonds. The molecule has 0 radical (unpaired) electrons. The van der Waals surface area contributed by atoms with E-state index in [1.807, 2.05) is 0 Å². The first-order valence-corrected chi connectivity index (χ1v) is 17.8. The van der Waals surface area contributed by atoms with E-state index in [0.717, 1.165) is 0 Å². The average Bonchev–Trinajstić information content (AvgIpc) is 3.62. The van der Waals surface area contributed by atoms with E-state index >= 15 is 0 Å². The van der Waals surface area contributed by atoms with E-state index in [0.29, 0.717) is 12.2 Å². The van der Waals surface area contributed by atoms with Crippen LogP contribution < -0.4 is 5.32 Å². The van der Waals surface area contributed by atoms with Gasteiger partial charge in [0.1, 0.15) is 11.3 Å². The third kappa shape index (κ3) is 8.52. The molecule has 4 rings (SSSR count). The van der Waals surface area contributed by atoms with Gasteiger partial charge in [-0.3, -0.25) is 4.68 Å². The number of hydrogen-bond donors (Lipinski definition) is 1. The summed E-state index contributed by atoms with van der Waals surface area (Å²) in [6.45, 7) is 6.31. The Morgan fingerprint density at radius 1 is 0.729 bits per heavy atom. The molecule has 1 aromatic heterocycles. The SMILES string of the molecule is CCn1cc(CO[C@H]2CN[C@H](C(O[Si](C)(C)C)(c3cc(C(F)(F)F)cc(C(F)(F)F)c3)c3cc(C(F)(F)F)cc(C(F)(F)F)c3)C2)nn1. The van der Waals surface area contributed by atoms with Crippen molar-refractivity contribution in [2.45, 2.75) is 88.6 Å². The van der Waals surface area contributed by atoms with Gasteiger partial charge in [-0.15, -0.1) is 5.10 Å². The summed E-state index contributed by atoms with van der Waals surface area (Å²) in [5.41, 5.74) is -11.6. The summed E-state index contributed by atoms with van der Waals surface area (Å²) < 4.78 is 183. The van der Waals surface area contributed by atoms with Gasteiger partial charge in [0.15, 0.2) is 8.32 Å². The second-order valence-electron chi connectivity index (χ2n) is 12.2. The highest BCUT2D eigenvalue weighted by atomic mass is 28.4.